The van der Waals surface area contributed by atoms with Gasteiger partial charge in [-0.15, -0.1) is 0 Å². The predicted molar refractivity (Wildman–Crippen MR) is 101 cm³/mol. The van der Waals surface area contributed by atoms with Crippen LogP contribution in [0.2, 0.25) is 0 Å². The summed E-state index contributed by atoms with van der Waals surface area (Å²) in [7, 11) is -3.82. The molecule has 2 heterocycles. The van der Waals surface area contributed by atoms with Gasteiger partial charge in [0.15, 0.2) is 0 Å². The average Bonchev–Trinajstić information content (AvgIpc) is 3.20. The summed E-state index contributed by atoms with van der Waals surface area (Å²) < 4.78 is 37.3. The zero-order valence-electron chi connectivity index (χ0n) is 14.9. The summed E-state index contributed by atoms with van der Waals surface area (Å²) in [4.78, 5) is 14.2. The highest BCUT2D eigenvalue weighted by Gasteiger charge is 2.27. The van der Waals surface area contributed by atoms with E-state index >= 15 is 0 Å². The Bertz CT molecular complexity index is 857. The Morgan fingerprint density at radius 3 is 2.52 bits per heavy atom. The quantitative estimate of drug-likeness (QED) is 0.722. The number of nitrogens with zero attached hydrogens (tertiary/aromatic N) is 2. The molecule has 1 aromatic heterocycles. The van der Waals surface area contributed by atoms with Crippen molar-refractivity contribution in [1.29, 1.82) is 0 Å². The Balaban J connectivity index is 1.77. The normalized spacial score (nSPS) is 15.5. The molecule has 0 saturated carbocycles. The van der Waals surface area contributed by atoms with Gasteiger partial charge >= 0.3 is 0 Å². The number of carbonyl (C=O) groups excluding carboxylic acids is 1. The number of furan rings is 1. The monoisotopic (exact) mass is 390 g/mol. The molecule has 0 atom stereocenters. The second kappa shape index (κ2) is 8.98. The van der Waals surface area contributed by atoms with Crippen molar-refractivity contribution in [2.24, 2.45) is 0 Å². The van der Waals surface area contributed by atoms with Gasteiger partial charge in [-0.1, -0.05) is 30.3 Å². The van der Waals surface area contributed by atoms with E-state index in [1.165, 1.54) is 12.3 Å². The molecule has 1 saturated heterocycles. The summed E-state index contributed by atoms with van der Waals surface area (Å²) in [6.07, 6.45) is 2.99. The highest BCUT2D eigenvalue weighted by Crippen LogP contribution is 2.14. The number of hydrogen-bond donors (Lipinski definition) is 0. The molecule has 0 N–H and O–H groups in total. The van der Waals surface area contributed by atoms with Gasteiger partial charge in [0.1, 0.15) is 5.76 Å². The molecule has 3 rings (SSSR count). The molecule has 7 nitrogen and oxygen atoms in total. The standard InChI is InChI=1S/C19H22N2O5S/c22-19(20-9-12-25-13-10-20)16-21(15-18-7-4-11-26-18)27(23,24)14-8-17-5-2-1-3-6-17/h1-8,11,14H,9-10,12-13,15-16H2/b14-8+. The smallest absolute Gasteiger partial charge is 0.238 e. The lowest BCUT2D eigenvalue weighted by atomic mass is 10.2. The van der Waals surface area contributed by atoms with Gasteiger partial charge in [0, 0.05) is 18.5 Å². The third-order valence-corrected chi connectivity index (χ3v) is 5.64. The van der Waals surface area contributed by atoms with E-state index in [0.29, 0.717) is 32.1 Å². The number of ether oxygens (including phenoxy) is 1. The van der Waals surface area contributed by atoms with Crippen LogP contribution in [-0.4, -0.2) is 56.4 Å². The molecule has 1 aliphatic rings. The van der Waals surface area contributed by atoms with Crippen molar-refractivity contribution in [3.63, 3.8) is 0 Å². The van der Waals surface area contributed by atoms with Gasteiger partial charge in [-0.2, -0.15) is 4.31 Å². The third kappa shape index (κ3) is 5.53. The van der Waals surface area contributed by atoms with E-state index in [0.717, 1.165) is 15.3 Å². The molecular formula is C19H22N2O5S. The fourth-order valence-electron chi connectivity index (χ4n) is 2.69. The van der Waals surface area contributed by atoms with Crippen molar-refractivity contribution in [3.05, 3.63) is 65.5 Å². The summed E-state index contributed by atoms with van der Waals surface area (Å²) >= 11 is 0. The number of amides is 1. The first-order chi connectivity index (χ1) is 13.0. The van der Waals surface area contributed by atoms with Crippen LogP contribution in [0.3, 0.4) is 0 Å². The summed E-state index contributed by atoms with van der Waals surface area (Å²) in [5.41, 5.74) is 0.763. The molecule has 144 valence electrons. The van der Waals surface area contributed by atoms with Crippen molar-refractivity contribution < 1.29 is 22.4 Å². The first-order valence-corrected chi connectivity index (χ1v) is 10.2. The summed E-state index contributed by atoms with van der Waals surface area (Å²) in [5.74, 6) is 0.225. The Kier molecular flexibility index (Phi) is 6.44. The van der Waals surface area contributed by atoms with Gasteiger partial charge in [-0.05, 0) is 23.8 Å². The first kappa shape index (κ1) is 19.3. The van der Waals surface area contributed by atoms with E-state index in [-0.39, 0.29) is 19.0 Å². The molecular weight excluding hydrogens is 368 g/mol. The van der Waals surface area contributed by atoms with Gasteiger partial charge in [0.2, 0.25) is 15.9 Å². The van der Waals surface area contributed by atoms with Crippen LogP contribution in [0.5, 0.6) is 0 Å². The second-order valence-electron chi connectivity index (χ2n) is 6.10. The van der Waals surface area contributed by atoms with Crippen LogP contribution in [-0.2, 0) is 26.1 Å². The molecule has 0 bridgehead atoms. The first-order valence-electron chi connectivity index (χ1n) is 8.66. The second-order valence-corrected chi connectivity index (χ2v) is 7.92. The zero-order valence-corrected chi connectivity index (χ0v) is 15.7. The summed E-state index contributed by atoms with van der Waals surface area (Å²) in [5, 5.41) is 1.12. The SMILES string of the molecule is O=C(CN(Cc1ccco1)S(=O)(=O)/C=C/c1ccccc1)N1CCOCC1. The molecule has 1 fully saturated rings. The van der Waals surface area contributed by atoms with Crippen LogP contribution in [0, 0.1) is 0 Å². The van der Waals surface area contributed by atoms with Crippen molar-refractivity contribution in [1.82, 2.24) is 9.21 Å². The fraction of sp³-hybridized carbons (Fsp3) is 0.316. The van der Waals surface area contributed by atoms with Crippen molar-refractivity contribution in [2.75, 3.05) is 32.8 Å². The summed E-state index contributed by atoms with van der Waals surface area (Å²) in [6.45, 7) is 1.60. The van der Waals surface area contributed by atoms with E-state index in [4.69, 9.17) is 9.15 Å². The highest BCUT2D eigenvalue weighted by molar-refractivity contribution is 7.92. The maximum absolute atomic E-state index is 12.9. The van der Waals surface area contributed by atoms with Crippen LogP contribution >= 0.6 is 0 Å². The Morgan fingerprint density at radius 1 is 1.11 bits per heavy atom. The molecule has 0 spiro atoms. The fourth-order valence-corrected chi connectivity index (χ4v) is 3.79. The molecule has 0 aliphatic carbocycles. The van der Waals surface area contributed by atoms with Crippen molar-refractivity contribution >= 4 is 22.0 Å². The van der Waals surface area contributed by atoms with Crippen molar-refractivity contribution in [3.8, 4) is 0 Å². The lowest BCUT2D eigenvalue weighted by molar-refractivity contribution is -0.135. The predicted octanol–water partition coefficient (Wildman–Crippen LogP) is 1.94. The molecule has 27 heavy (non-hydrogen) atoms. The topological polar surface area (TPSA) is 80.1 Å². The Morgan fingerprint density at radius 2 is 1.85 bits per heavy atom. The highest BCUT2D eigenvalue weighted by atomic mass is 32.2. The molecule has 1 aromatic carbocycles. The van der Waals surface area contributed by atoms with Crippen LogP contribution in [0.1, 0.15) is 11.3 Å². The van der Waals surface area contributed by atoms with E-state index in [1.807, 2.05) is 30.3 Å². The number of rotatable bonds is 7. The number of carbonyl (C=O) groups is 1. The van der Waals surface area contributed by atoms with Crippen molar-refractivity contribution in [2.45, 2.75) is 6.54 Å². The molecule has 1 amide bonds. The van der Waals surface area contributed by atoms with Gasteiger partial charge < -0.3 is 14.1 Å². The molecule has 0 radical (unpaired) electrons. The van der Waals surface area contributed by atoms with E-state index in [9.17, 15) is 13.2 Å². The molecule has 8 heteroatoms. The van der Waals surface area contributed by atoms with Gasteiger partial charge in [-0.25, -0.2) is 8.42 Å². The molecule has 2 aromatic rings. The minimum Gasteiger partial charge on any atom is -0.468 e. The lowest BCUT2D eigenvalue weighted by Crippen LogP contribution is -2.46. The van der Waals surface area contributed by atoms with Gasteiger partial charge in [0.25, 0.3) is 0 Å². The number of hydrogen-bond acceptors (Lipinski definition) is 5. The van der Waals surface area contributed by atoms with E-state index in [1.54, 1.807) is 17.0 Å². The average molecular weight is 390 g/mol. The number of sulfonamides is 1. The van der Waals surface area contributed by atoms with Crippen LogP contribution < -0.4 is 0 Å². The minimum atomic E-state index is -3.82. The summed E-state index contributed by atoms with van der Waals surface area (Å²) in [6, 6.07) is 12.5. The van der Waals surface area contributed by atoms with Crippen LogP contribution in [0.25, 0.3) is 6.08 Å². The van der Waals surface area contributed by atoms with Gasteiger partial charge in [0.05, 0.1) is 32.6 Å². The van der Waals surface area contributed by atoms with Crippen LogP contribution in [0.4, 0.5) is 0 Å². The van der Waals surface area contributed by atoms with E-state index in [2.05, 4.69) is 0 Å². The maximum Gasteiger partial charge on any atom is 0.238 e. The number of benzene rings is 1. The Hall–Kier alpha value is -2.42. The van der Waals surface area contributed by atoms with Gasteiger partial charge in [-0.3, -0.25) is 4.79 Å². The van der Waals surface area contributed by atoms with E-state index < -0.39 is 10.0 Å². The molecule has 0 unspecified atom stereocenters. The lowest BCUT2D eigenvalue weighted by Gasteiger charge is -2.29. The number of morpholine rings is 1. The zero-order chi connectivity index (χ0) is 19.1. The third-order valence-electron chi connectivity index (χ3n) is 4.18. The minimum absolute atomic E-state index is 0.00938. The molecule has 1 aliphatic heterocycles. The van der Waals surface area contributed by atoms with Crippen LogP contribution in [0.15, 0.2) is 58.6 Å². The largest absolute Gasteiger partial charge is 0.468 e. The maximum atomic E-state index is 12.9. The Labute approximate surface area is 158 Å².